The number of anilines is 1. The van der Waals surface area contributed by atoms with E-state index in [9.17, 15) is 9.59 Å². The molecule has 0 aliphatic carbocycles. The van der Waals surface area contributed by atoms with Crippen LogP contribution in [0.2, 0.25) is 0 Å². The summed E-state index contributed by atoms with van der Waals surface area (Å²) in [6.07, 6.45) is 0.840. The van der Waals surface area contributed by atoms with Gasteiger partial charge in [0.05, 0.1) is 11.3 Å². The molecule has 2 aromatic heterocycles. The molecule has 0 radical (unpaired) electrons. The first-order valence-electron chi connectivity index (χ1n) is 9.51. The van der Waals surface area contributed by atoms with E-state index in [1.54, 1.807) is 4.90 Å². The molecule has 0 saturated carbocycles. The van der Waals surface area contributed by atoms with Gasteiger partial charge in [-0.1, -0.05) is 60.7 Å². The van der Waals surface area contributed by atoms with Crippen molar-refractivity contribution >= 4 is 33.5 Å². The lowest BCUT2D eigenvalue weighted by Gasteiger charge is -2.15. The molecule has 144 valence electrons. The van der Waals surface area contributed by atoms with E-state index in [1.165, 1.54) is 15.9 Å². The normalized spacial score (nSPS) is 15.4. The average Bonchev–Trinajstić information content (AvgIpc) is 3.35. The lowest BCUT2D eigenvalue weighted by atomic mass is 10.1. The third-order valence-corrected chi connectivity index (χ3v) is 6.17. The minimum Gasteiger partial charge on any atom is -0.308 e. The second-order valence-corrected chi connectivity index (χ2v) is 8.01. The molecule has 29 heavy (non-hydrogen) atoms. The predicted molar refractivity (Wildman–Crippen MR) is 114 cm³/mol. The number of aryl methyl sites for hydroxylation is 1. The Morgan fingerprint density at radius 1 is 1.00 bits per heavy atom. The van der Waals surface area contributed by atoms with Crippen molar-refractivity contribution in [1.29, 1.82) is 0 Å². The maximum atomic E-state index is 13.1. The summed E-state index contributed by atoms with van der Waals surface area (Å²) in [5.74, 6) is 0.391. The second kappa shape index (κ2) is 6.63. The first-order chi connectivity index (χ1) is 14.1. The molecule has 0 spiro atoms. The van der Waals surface area contributed by atoms with Crippen LogP contribution in [0.1, 0.15) is 24.5 Å². The molecule has 0 bridgehead atoms. The predicted octanol–water partition coefficient (Wildman–Crippen LogP) is 2.80. The summed E-state index contributed by atoms with van der Waals surface area (Å²) in [5, 5.41) is 4.44. The maximum Gasteiger partial charge on any atom is 0.291 e. The van der Waals surface area contributed by atoms with Gasteiger partial charge in [0.1, 0.15) is 4.53 Å². The SMILES string of the molecule is CCCN1C(=O)/C(=c2/sc3nc(-c4ccccc4C)nn3c2=O)c2ccccc21. The third-order valence-electron chi connectivity index (χ3n) is 5.14. The van der Waals surface area contributed by atoms with Crippen LogP contribution in [0, 0.1) is 6.92 Å². The Hall–Kier alpha value is -3.32. The van der Waals surface area contributed by atoms with Crippen molar-refractivity contribution < 1.29 is 4.79 Å². The molecule has 7 heteroatoms. The van der Waals surface area contributed by atoms with Crippen molar-refractivity contribution in [2.24, 2.45) is 0 Å². The maximum absolute atomic E-state index is 13.1. The number of rotatable bonds is 3. The lowest BCUT2D eigenvalue weighted by Crippen LogP contribution is -2.32. The van der Waals surface area contributed by atoms with Gasteiger partial charge >= 0.3 is 0 Å². The summed E-state index contributed by atoms with van der Waals surface area (Å²) in [6.45, 7) is 4.63. The Kier molecular flexibility index (Phi) is 4.06. The minimum absolute atomic E-state index is 0.131. The standard InChI is InChI=1S/C22H18N4O2S/c1-3-12-25-16-11-7-6-10-15(16)17(20(25)27)18-21(28)26-22(29-18)23-19(24-26)14-9-5-4-8-13(14)2/h4-11H,3,12H2,1-2H3/b18-17+. The molecule has 3 heterocycles. The van der Waals surface area contributed by atoms with Gasteiger partial charge in [0.2, 0.25) is 4.96 Å². The van der Waals surface area contributed by atoms with Gasteiger partial charge in [0.25, 0.3) is 11.5 Å². The minimum atomic E-state index is -0.297. The quantitative estimate of drug-likeness (QED) is 0.529. The van der Waals surface area contributed by atoms with Gasteiger partial charge < -0.3 is 4.90 Å². The van der Waals surface area contributed by atoms with Gasteiger partial charge in [-0.15, -0.1) is 5.10 Å². The second-order valence-electron chi connectivity index (χ2n) is 7.03. The van der Waals surface area contributed by atoms with Crippen LogP contribution < -0.4 is 15.0 Å². The van der Waals surface area contributed by atoms with Crippen molar-refractivity contribution in [1.82, 2.24) is 14.6 Å². The number of nitrogens with zero attached hydrogens (tertiary/aromatic N) is 4. The highest BCUT2D eigenvalue weighted by Crippen LogP contribution is 2.35. The molecule has 6 nitrogen and oxygen atoms in total. The number of carbonyl (C=O) groups is 1. The summed E-state index contributed by atoms with van der Waals surface area (Å²) >= 11 is 1.22. The van der Waals surface area contributed by atoms with Crippen molar-refractivity contribution in [3.63, 3.8) is 0 Å². The molecule has 0 saturated heterocycles. The van der Waals surface area contributed by atoms with E-state index in [-0.39, 0.29) is 11.5 Å². The number of hydrogen-bond acceptors (Lipinski definition) is 5. The fourth-order valence-electron chi connectivity index (χ4n) is 3.77. The number of thiazole rings is 1. The van der Waals surface area contributed by atoms with Crippen molar-refractivity contribution in [3.8, 4) is 11.4 Å². The number of hydrogen-bond donors (Lipinski definition) is 0. The first kappa shape index (κ1) is 17.8. The Morgan fingerprint density at radius 3 is 2.45 bits per heavy atom. The number of para-hydroxylation sites is 1. The summed E-state index contributed by atoms with van der Waals surface area (Å²) in [7, 11) is 0. The Labute approximate surface area is 170 Å². The van der Waals surface area contributed by atoms with E-state index in [1.807, 2.05) is 62.4 Å². The van der Waals surface area contributed by atoms with Gasteiger partial charge in [-0.2, -0.15) is 9.50 Å². The highest BCUT2D eigenvalue weighted by molar-refractivity contribution is 7.15. The fourth-order valence-corrected chi connectivity index (χ4v) is 4.77. The van der Waals surface area contributed by atoms with Gasteiger partial charge in [-0.25, -0.2) is 0 Å². The number of aromatic nitrogens is 3. The number of amides is 1. The number of benzene rings is 2. The van der Waals surface area contributed by atoms with Gasteiger partial charge in [0.15, 0.2) is 5.82 Å². The van der Waals surface area contributed by atoms with E-state index in [0.29, 0.717) is 27.4 Å². The van der Waals surface area contributed by atoms with E-state index in [4.69, 9.17) is 0 Å². The van der Waals surface area contributed by atoms with E-state index in [2.05, 4.69) is 10.1 Å². The molecular formula is C22H18N4O2S. The van der Waals surface area contributed by atoms with E-state index in [0.717, 1.165) is 28.8 Å². The van der Waals surface area contributed by atoms with Gasteiger partial charge in [-0.05, 0) is 25.0 Å². The third kappa shape index (κ3) is 2.61. The molecule has 0 fully saturated rings. The monoisotopic (exact) mass is 402 g/mol. The smallest absolute Gasteiger partial charge is 0.291 e. The first-order valence-corrected chi connectivity index (χ1v) is 10.3. The Balaban J connectivity index is 1.74. The lowest BCUT2D eigenvalue weighted by molar-refractivity contribution is -0.113. The highest BCUT2D eigenvalue weighted by Gasteiger charge is 2.33. The zero-order valence-electron chi connectivity index (χ0n) is 16.0. The number of fused-ring (bicyclic) bond motifs is 2. The van der Waals surface area contributed by atoms with Crippen molar-refractivity contribution in [2.45, 2.75) is 20.3 Å². The summed E-state index contributed by atoms with van der Waals surface area (Å²) in [4.78, 5) is 33.1. The zero-order valence-corrected chi connectivity index (χ0v) is 16.9. The highest BCUT2D eigenvalue weighted by atomic mass is 32.1. The van der Waals surface area contributed by atoms with Crippen LogP contribution in [-0.2, 0) is 4.79 Å². The molecule has 1 aliphatic heterocycles. The van der Waals surface area contributed by atoms with Gasteiger partial charge in [-0.3, -0.25) is 9.59 Å². The van der Waals surface area contributed by atoms with E-state index >= 15 is 0 Å². The molecule has 4 aromatic rings. The summed E-state index contributed by atoms with van der Waals surface area (Å²) < 4.78 is 1.71. The molecule has 2 aromatic carbocycles. The van der Waals surface area contributed by atoms with Crippen LogP contribution in [0.15, 0.2) is 53.3 Å². The molecule has 1 aliphatic rings. The average molecular weight is 402 g/mol. The van der Waals surface area contributed by atoms with Crippen LogP contribution in [0.5, 0.6) is 0 Å². The summed E-state index contributed by atoms with van der Waals surface area (Å²) in [5.41, 5.74) is 3.75. The molecule has 5 rings (SSSR count). The van der Waals surface area contributed by atoms with Crippen LogP contribution in [0.4, 0.5) is 5.69 Å². The molecule has 0 unspecified atom stereocenters. The molecule has 0 N–H and O–H groups in total. The van der Waals surface area contributed by atoms with Crippen molar-refractivity contribution in [2.75, 3.05) is 11.4 Å². The van der Waals surface area contributed by atoms with Crippen LogP contribution >= 0.6 is 11.3 Å². The Morgan fingerprint density at radius 2 is 1.72 bits per heavy atom. The molecular weight excluding hydrogens is 384 g/mol. The van der Waals surface area contributed by atoms with Crippen LogP contribution in [-0.4, -0.2) is 27.0 Å². The van der Waals surface area contributed by atoms with Crippen molar-refractivity contribution in [3.05, 3.63) is 74.5 Å². The fraction of sp³-hybridized carbons (Fsp3) is 0.182. The summed E-state index contributed by atoms with van der Waals surface area (Å²) in [6, 6.07) is 15.4. The largest absolute Gasteiger partial charge is 0.308 e. The van der Waals surface area contributed by atoms with E-state index < -0.39 is 0 Å². The van der Waals surface area contributed by atoms with Gasteiger partial charge in [0, 0.05) is 17.7 Å². The Bertz CT molecular complexity index is 1390. The topological polar surface area (TPSA) is 67.6 Å². The molecule has 1 amide bonds. The van der Waals surface area contributed by atoms with Crippen LogP contribution in [0.3, 0.4) is 0 Å². The number of carbonyl (C=O) groups excluding carboxylic acids is 1. The molecule has 0 atom stereocenters. The zero-order chi connectivity index (χ0) is 20.1. The van der Waals surface area contributed by atoms with Crippen LogP contribution in [0.25, 0.3) is 21.9 Å².